The Morgan fingerprint density at radius 2 is 1.26 bits per heavy atom. The van der Waals surface area contributed by atoms with Crippen molar-refractivity contribution in [1.82, 2.24) is 0 Å². The molecule has 0 spiro atoms. The molecule has 0 fully saturated rings. The third kappa shape index (κ3) is 2.89. The molecule has 0 aromatic heterocycles. The van der Waals surface area contributed by atoms with Crippen LogP contribution in [0.1, 0.15) is 0 Å². The largest absolute Gasteiger partial charge is 0.542 e. The van der Waals surface area contributed by atoms with Gasteiger partial charge < -0.3 is 10.2 Å². The van der Waals surface area contributed by atoms with E-state index in [4.69, 9.17) is 4.52 Å². The molecule has 1 atom stereocenters. The van der Waals surface area contributed by atoms with Gasteiger partial charge in [-0.2, -0.15) is 0 Å². The molecule has 3 aromatic carbocycles. The minimum absolute atomic E-state index is 0.0782. The molecule has 114 valence electrons. The number of aromatic hydroxyl groups is 2. The van der Waals surface area contributed by atoms with Crippen molar-refractivity contribution in [2.75, 3.05) is 0 Å². The Bertz CT molecular complexity index is 861. The minimum Gasteiger partial charge on any atom is -0.507 e. The topological polar surface area (TPSA) is 66.8 Å². The molecule has 5 heteroatoms. The molecule has 0 radical (unpaired) electrons. The van der Waals surface area contributed by atoms with Gasteiger partial charge in [0.25, 0.3) is 0 Å². The Morgan fingerprint density at radius 1 is 0.696 bits per heavy atom. The molecule has 4 nitrogen and oxygen atoms in total. The lowest BCUT2D eigenvalue weighted by Crippen LogP contribution is -1.90. The van der Waals surface area contributed by atoms with Crippen LogP contribution in [0, 0.1) is 0 Å². The second-order valence-electron chi connectivity index (χ2n) is 4.90. The summed E-state index contributed by atoms with van der Waals surface area (Å²) >= 11 is 0. The summed E-state index contributed by atoms with van der Waals surface area (Å²) in [6.07, 6.45) is 0. The first-order valence-corrected chi connectivity index (χ1v) is 7.77. The van der Waals surface area contributed by atoms with E-state index in [1.165, 1.54) is 0 Å². The van der Waals surface area contributed by atoms with Gasteiger partial charge in [0, 0.05) is 16.7 Å². The first kappa shape index (κ1) is 15.1. The molecule has 0 aliphatic heterocycles. The molecule has 0 amide bonds. The Morgan fingerprint density at radius 3 is 1.87 bits per heavy atom. The average molecular weight is 325 g/mol. The molecule has 23 heavy (non-hydrogen) atoms. The number of phenols is 2. The predicted molar refractivity (Wildman–Crippen MR) is 90.3 cm³/mol. The van der Waals surface area contributed by atoms with E-state index in [0.29, 0.717) is 28.0 Å². The van der Waals surface area contributed by atoms with Gasteiger partial charge in [0.15, 0.2) is 5.75 Å². The van der Waals surface area contributed by atoms with Crippen LogP contribution in [0.3, 0.4) is 0 Å². The number of phenolic OH excluding ortho intramolecular Hbond substituents is 2. The summed E-state index contributed by atoms with van der Waals surface area (Å²) in [7, 11) is -0.970. The summed E-state index contributed by atoms with van der Waals surface area (Å²) in [5.74, 6) is 0.570. The van der Waals surface area contributed by atoms with Crippen molar-refractivity contribution in [3.05, 3.63) is 66.7 Å². The quantitative estimate of drug-likeness (QED) is 0.679. The van der Waals surface area contributed by atoms with Gasteiger partial charge >= 0.3 is 8.69 Å². The van der Waals surface area contributed by atoms with Crippen molar-refractivity contribution in [3.8, 4) is 39.5 Å². The molecule has 1 unspecified atom stereocenters. The maximum atomic E-state index is 11.0. The zero-order valence-electron chi connectivity index (χ0n) is 12.1. The van der Waals surface area contributed by atoms with E-state index in [2.05, 4.69) is 0 Å². The molecule has 3 rings (SSSR count). The fraction of sp³-hybridized carbons (Fsp3) is 0. The average Bonchev–Trinajstić information content (AvgIpc) is 2.56. The molecule has 0 saturated heterocycles. The molecule has 0 aliphatic rings. The zero-order chi connectivity index (χ0) is 16.2. The number of rotatable bonds is 4. The molecular formula is C18H14O4P+. The van der Waals surface area contributed by atoms with Crippen molar-refractivity contribution in [2.24, 2.45) is 0 Å². The number of hydrogen-bond donors (Lipinski definition) is 2. The fourth-order valence-corrected chi connectivity index (χ4v) is 2.81. The lowest BCUT2D eigenvalue weighted by Gasteiger charge is -2.14. The van der Waals surface area contributed by atoms with Crippen molar-refractivity contribution >= 4 is 8.69 Å². The van der Waals surface area contributed by atoms with Gasteiger partial charge in [-0.25, -0.2) is 0 Å². The maximum Gasteiger partial charge on any atom is 0.542 e. The first-order chi connectivity index (χ1) is 11.2. The van der Waals surface area contributed by atoms with Crippen LogP contribution in [0.5, 0.6) is 17.2 Å². The molecular weight excluding hydrogens is 311 g/mol. The highest BCUT2D eigenvalue weighted by Crippen LogP contribution is 2.45. The Kier molecular flexibility index (Phi) is 4.26. The van der Waals surface area contributed by atoms with E-state index in [-0.39, 0.29) is 11.5 Å². The van der Waals surface area contributed by atoms with Crippen LogP contribution < -0.4 is 4.52 Å². The van der Waals surface area contributed by atoms with Gasteiger partial charge in [0.05, 0.1) is 0 Å². The second kappa shape index (κ2) is 6.51. The fourth-order valence-electron chi connectivity index (χ4n) is 2.55. The van der Waals surface area contributed by atoms with Crippen LogP contribution in [0.4, 0.5) is 0 Å². The van der Waals surface area contributed by atoms with Crippen molar-refractivity contribution in [3.63, 3.8) is 0 Å². The first-order valence-electron chi connectivity index (χ1n) is 6.96. The lowest BCUT2D eigenvalue weighted by atomic mass is 9.93. The van der Waals surface area contributed by atoms with Crippen LogP contribution in [0.15, 0.2) is 66.7 Å². The van der Waals surface area contributed by atoms with Crippen molar-refractivity contribution in [2.45, 2.75) is 0 Å². The Balaban J connectivity index is 2.33. The zero-order valence-corrected chi connectivity index (χ0v) is 13.1. The molecule has 0 bridgehead atoms. The SMILES string of the molecule is O=[PH+]Oc1cccc(-c2ccccc2O)c1-c1ccccc1O. The second-order valence-corrected chi connectivity index (χ2v) is 5.27. The molecule has 3 aromatic rings. The predicted octanol–water partition coefficient (Wildman–Crippen LogP) is 4.75. The lowest BCUT2D eigenvalue weighted by molar-refractivity contribution is 0.475. The highest BCUT2D eigenvalue weighted by molar-refractivity contribution is 7.17. The smallest absolute Gasteiger partial charge is 0.507 e. The highest BCUT2D eigenvalue weighted by atomic mass is 31.1. The van der Waals surface area contributed by atoms with E-state index in [1.54, 1.807) is 54.6 Å². The van der Waals surface area contributed by atoms with Crippen LogP contribution in [-0.4, -0.2) is 10.2 Å². The van der Waals surface area contributed by atoms with E-state index in [9.17, 15) is 14.8 Å². The van der Waals surface area contributed by atoms with E-state index in [1.807, 2.05) is 12.1 Å². The summed E-state index contributed by atoms with van der Waals surface area (Å²) < 4.78 is 16.2. The van der Waals surface area contributed by atoms with Gasteiger partial charge in [0.1, 0.15) is 11.5 Å². The molecule has 0 heterocycles. The monoisotopic (exact) mass is 325 g/mol. The van der Waals surface area contributed by atoms with Crippen LogP contribution >= 0.6 is 8.69 Å². The van der Waals surface area contributed by atoms with Gasteiger partial charge in [-0.1, -0.05) is 48.5 Å². The minimum atomic E-state index is -0.970. The van der Waals surface area contributed by atoms with Gasteiger partial charge in [-0.15, -0.1) is 0 Å². The van der Waals surface area contributed by atoms with Crippen molar-refractivity contribution < 1.29 is 19.3 Å². The molecule has 0 saturated carbocycles. The number of hydrogen-bond acceptors (Lipinski definition) is 4. The normalized spacial score (nSPS) is 10.6. The third-order valence-electron chi connectivity index (χ3n) is 3.55. The van der Waals surface area contributed by atoms with E-state index < -0.39 is 8.69 Å². The van der Waals surface area contributed by atoms with Crippen LogP contribution in [-0.2, 0) is 4.57 Å². The number of benzene rings is 3. The summed E-state index contributed by atoms with van der Waals surface area (Å²) in [6.45, 7) is 0. The number of para-hydroxylation sites is 2. The van der Waals surface area contributed by atoms with Gasteiger partial charge in [-0.3, -0.25) is 4.52 Å². The third-order valence-corrected chi connectivity index (χ3v) is 3.85. The summed E-state index contributed by atoms with van der Waals surface area (Å²) in [6, 6.07) is 19.0. The van der Waals surface area contributed by atoms with Crippen molar-refractivity contribution in [1.29, 1.82) is 0 Å². The Hall–Kier alpha value is -2.84. The van der Waals surface area contributed by atoms with Gasteiger partial charge in [-0.05, 0) is 28.3 Å². The highest BCUT2D eigenvalue weighted by Gasteiger charge is 2.19. The van der Waals surface area contributed by atoms with E-state index in [0.717, 1.165) is 0 Å². The summed E-state index contributed by atoms with van der Waals surface area (Å²) in [5.41, 5.74) is 2.40. The van der Waals surface area contributed by atoms with Crippen LogP contribution in [0.2, 0.25) is 0 Å². The summed E-state index contributed by atoms with van der Waals surface area (Å²) in [4.78, 5) is 0. The van der Waals surface area contributed by atoms with Crippen LogP contribution in [0.25, 0.3) is 22.3 Å². The summed E-state index contributed by atoms with van der Waals surface area (Å²) in [5, 5.41) is 20.4. The van der Waals surface area contributed by atoms with Gasteiger partial charge in [0.2, 0.25) is 0 Å². The Labute approximate surface area is 134 Å². The van der Waals surface area contributed by atoms with E-state index >= 15 is 0 Å². The maximum absolute atomic E-state index is 11.0. The molecule has 0 aliphatic carbocycles. The standard InChI is InChI=1S/C18H13O4P/c19-15-9-3-1-6-12(15)13-8-5-11-17(22-23-21)18(13)14-7-2-4-10-16(14)20/h1-11,23H,(H-,19,20)/p+1. The molecule has 2 N–H and O–H groups in total.